The van der Waals surface area contributed by atoms with Gasteiger partial charge < -0.3 is 5.32 Å². The second-order valence-corrected chi connectivity index (χ2v) is 5.94. The first-order valence-electron chi connectivity index (χ1n) is 7.59. The van der Waals surface area contributed by atoms with Gasteiger partial charge in [-0.15, -0.1) is 0 Å². The summed E-state index contributed by atoms with van der Waals surface area (Å²) in [4.78, 5) is 0. The Bertz CT molecular complexity index is 560. The lowest BCUT2D eigenvalue weighted by molar-refractivity contribution is 0.525. The van der Waals surface area contributed by atoms with Crippen molar-refractivity contribution in [3.05, 3.63) is 71.0 Å². The summed E-state index contributed by atoms with van der Waals surface area (Å²) in [5, 5.41) is 3.50. The van der Waals surface area contributed by atoms with Crippen LogP contribution < -0.4 is 5.32 Å². The van der Waals surface area contributed by atoms with Crippen LogP contribution in [0.1, 0.15) is 36.5 Å². The van der Waals surface area contributed by atoms with Crippen LogP contribution in [0.5, 0.6) is 0 Å². The minimum Gasteiger partial charge on any atom is -0.314 e. The highest BCUT2D eigenvalue weighted by Crippen LogP contribution is 2.22. The van der Waals surface area contributed by atoms with E-state index in [1.54, 1.807) is 12.1 Å². The van der Waals surface area contributed by atoms with Crippen molar-refractivity contribution in [2.45, 2.75) is 39.2 Å². The van der Waals surface area contributed by atoms with E-state index < -0.39 is 0 Å². The zero-order valence-corrected chi connectivity index (χ0v) is 13.1. The Morgan fingerprint density at radius 1 is 1.00 bits per heavy atom. The summed E-state index contributed by atoms with van der Waals surface area (Å²) in [5.41, 5.74) is 3.86. The standard InChI is InChI=1S/C19H24FN/c1-14(2)21-13-18(16-8-10-19(20)11-9-16)12-17-7-5-4-6-15(17)3/h4-11,14,18,21H,12-13H2,1-3H3. The molecule has 2 heteroatoms. The quantitative estimate of drug-likeness (QED) is 0.826. The van der Waals surface area contributed by atoms with Crippen molar-refractivity contribution < 1.29 is 4.39 Å². The van der Waals surface area contributed by atoms with Gasteiger partial charge in [0.05, 0.1) is 0 Å². The maximum Gasteiger partial charge on any atom is 0.123 e. The molecule has 21 heavy (non-hydrogen) atoms. The van der Waals surface area contributed by atoms with Gasteiger partial charge in [0.2, 0.25) is 0 Å². The van der Waals surface area contributed by atoms with Gasteiger partial charge in [-0.25, -0.2) is 4.39 Å². The minimum atomic E-state index is -0.176. The van der Waals surface area contributed by atoms with Crippen LogP contribution in [0.3, 0.4) is 0 Å². The largest absolute Gasteiger partial charge is 0.314 e. The van der Waals surface area contributed by atoms with Crippen LogP contribution >= 0.6 is 0 Å². The van der Waals surface area contributed by atoms with Gasteiger partial charge in [0.1, 0.15) is 5.82 Å². The Balaban J connectivity index is 2.19. The number of hydrogen-bond donors (Lipinski definition) is 1. The Morgan fingerprint density at radius 3 is 2.29 bits per heavy atom. The van der Waals surface area contributed by atoms with Crippen molar-refractivity contribution in [2.75, 3.05) is 6.54 Å². The van der Waals surface area contributed by atoms with E-state index in [0.717, 1.165) is 13.0 Å². The molecule has 0 amide bonds. The molecule has 0 spiro atoms. The highest BCUT2D eigenvalue weighted by atomic mass is 19.1. The predicted molar refractivity (Wildman–Crippen MR) is 87.2 cm³/mol. The molecule has 1 N–H and O–H groups in total. The molecule has 1 nitrogen and oxygen atoms in total. The third kappa shape index (κ3) is 4.68. The molecule has 1 atom stereocenters. The molecule has 0 saturated carbocycles. The van der Waals surface area contributed by atoms with E-state index in [-0.39, 0.29) is 5.82 Å². The molecule has 0 heterocycles. The zero-order valence-electron chi connectivity index (χ0n) is 13.1. The fraction of sp³-hybridized carbons (Fsp3) is 0.368. The molecular weight excluding hydrogens is 261 g/mol. The SMILES string of the molecule is Cc1ccccc1CC(CNC(C)C)c1ccc(F)cc1. The van der Waals surface area contributed by atoms with Crippen LogP contribution in [0.2, 0.25) is 0 Å². The molecule has 0 saturated heterocycles. The molecule has 0 aliphatic heterocycles. The average molecular weight is 285 g/mol. The molecule has 0 fully saturated rings. The Morgan fingerprint density at radius 2 is 1.67 bits per heavy atom. The number of benzene rings is 2. The Hall–Kier alpha value is -1.67. The van der Waals surface area contributed by atoms with Crippen LogP contribution in [0.25, 0.3) is 0 Å². The van der Waals surface area contributed by atoms with Gasteiger partial charge in [-0.2, -0.15) is 0 Å². The summed E-state index contributed by atoms with van der Waals surface area (Å²) < 4.78 is 13.1. The van der Waals surface area contributed by atoms with Crippen molar-refractivity contribution in [2.24, 2.45) is 0 Å². The molecule has 0 bridgehead atoms. The summed E-state index contributed by atoms with van der Waals surface area (Å²) >= 11 is 0. The fourth-order valence-corrected chi connectivity index (χ4v) is 2.53. The summed E-state index contributed by atoms with van der Waals surface area (Å²) in [5.74, 6) is 0.180. The lowest BCUT2D eigenvalue weighted by atomic mass is 9.90. The van der Waals surface area contributed by atoms with E-state index in [1.807, 2.05) is 12.1 Å². The summed E-state index contributed by atoms with van der Waals surface area (Å²) in [6, 6.07) is 15.8. The van der Waals surface area contributed by atoms with E-state index in [0.29, 0.717) is 12.0 Å². The fourth-order valence-electron chi connectivity index (χ4n) is 2.53. The second kappa shape index (κ2) is 7.37. The Labute approximate surface area is 127 Å². The average Bonchev–Trinajstić information content (AvgIpc) is 2.46. The van der Waals surface area contributed by atoms with E-state index in [2.05, 4.69) is 50.4 Å². The van der Waals surface area contributed by atoms with Gasteiger partial charge in [-0.1, -0.05) is 50.2 Å². The van der Waals surface area contributed by atoms with Crippen molar-refractivity contribution in [1.82, 2.24) is 5.32 Å². The van der Waals surface area contributed by atoms with Crippen LogP contribution in [-0.4, -0.2) is 12.6 Å². The van der Waals surface area contributed by atoms with Crippen LogP contribution in [-0.2, 0) is 6.42 Å². The molecule has 0 aliphatic rings. The third-order valence-corrected chi connectivity index (χ3v) is 3.84. The topological polar surface area (TPSA) is 12.0 Å². The number of halogens is 1. The summed E-state index contributed by atoms with van der Waals surface area (Å²) in [7, 11) is 0. The maximum atomic E-state index is 13.1. The van der Waals surface area contributed by atoms with Crippen molar-refractivity contribution in [1.29, 1.82) is 0 Å². The van der Waals surface area contributed by atoms with E-state index in [4.69, 9.17) is 0 Å². The highest BCUT2D eigenvalue weighted by Gasteiger charge is 2.14. The number of rotatable bonds is 6. The van der Waals surface area contributed by atoms with Gasteiger partial charge in [-0.05, 0) is 42.2 Å². The maximum absolute atomic E-state index is 13.1. The molecular formula is C19H24FN. The number of hydrogen-bond acceptors (Lipinski definition) is 1. The Kier molecular flexibility index (Phi) is 5.51. The van der Waals surface area contributed by atoms with Crippen molar-refractivity contribution >= 4 is 0 Å². The van der Waals surface area contributed by atoms with Crippen LogP contribution in [0.15, 0.2) is 48.5 Å². The third-order valence-electron chi connectivity index (χ3n) is 3.84. The lowest BCUT2D eigenvalue weighted by Crippen LogP contribution is -2.29. The monoisotopic (exact) mass is 285 g/mol. The van der Waals surface area contributed by atoms with Crippen LogP contribution in [0, 0.1) is 12.7 Å². The van der Waals surface area contributed by atoms with Gasteiger partial charge in [-0.3, -0.25) is 0 Å². The molecule has 0 aliphatic carbocycles. The number of nitrogens with one attached hydrogen (secondary N) is 1. The van der Waals surface area contributed by atoms with Gasteiger partial charge in [0.25, 0.3) is 0 Å². The molecule has 112 valence electrons. The molecule has 0 radical (unpaired) electrons. The highest BCUT2D eigenvalue weighted by molar-refractivity contribution is 5.30. The van der Waals surface area contributed by atoms with Crippen molar-refractivity contribution in [3.63, 3.8) is 0 Å². The number of aryl methyl sites for hydroxylation is 1. The zero-order chi connectivity index (χ0) is 15.2. The van der Waals surface area contributed by atoms with Gasteiger partial charge in [0.15, 0.2) is 0 Å². The first-order chi connectivity index (χ1) is 10.1. The summed E-state index contributed by atoms with van der Waals surface area (Å²) in [6.45, 7) is 7.34. The smallest absolute Gasteiger partial charge is 0.123 e. The van der Waals surface area contributed by atoms with Gasteiger partial charge >= 0.3 is 0 Å². The second-order valence-electron chi connectivity index (χ2n) is 5.94. The van der Waals surface area contributed by atoms with E-state index in [1.165, 1.54) is 16.7 Å². The van der Waals surface area contributed by atoms with Crippen molar-refractivity contribution in [3.8, 4) is 0 Å². The van der Waals surface area contributed by atoms with Crippen LogP contribution in [0.4, 0.5) is 4.39 Å². The van der Waals surface area contributed by atoms with E-state index in [9.17, 15) is 4.39 Å². The first kappa shape index (κ1) is 15.7. The normalized spacial score (nSPS) is 12.6. The molecule has 2 aromatic rings. The lowest BCUT2D eigenvalue weighted by Gasteiger charge is -2.21. The molecule has 1 unspecified atom stereocenters. The summed E-state index contributed by atoms with van der Waals surface area (Å²) in [6.07, 6.45) is 0.970. The van der Waals surface area contributed by atoms with Gasteiger partial charge in [0, 0.05) is 18.5 Å². The first-order valence-corrected chi connectivity index (χ1v) is 7.59. The predicted octanol–water partition coefficient (Wildman–Crippen LogP) is 4.46. The minimum absolute atomic E-state index is 0.176. The molecule has 2 aromatic carbocycles. The molecule has 2 rings (SSSR count). The van der Waals surface area contributed by atoms with E-state index >= 15 is 0 Å². The molecule has 0 aromatic heterocycles.